The minimum atomic E-state index is -3.57. The Balaban J connectivity index is 1.29. The molecule has 0 atom stereocenters. The van der Waals surface area contributed by atoms with E-state index in [4.69, 9.17) is 4.74 Å². The fourth-order valence-electron chi connectivity index (χ4n) is 4.44. The first-order chi connectivity index (χ1) is 15.3. The van der Waals surface area contributed by atoms with Crippen molar-refractivity contribution in [2.24, 2.45) is 5.92 Å². The lowest BCUT2D eigenvalue weighted by Crippen LogP contribution is -2.40. The molecule has 0 spiro atoms. The normalized spacial score (nSPS) is 17.5. The number of rotatable bonds is 6. The summed E-state index contributed by atoms with van der Waals surface area (Å²) in [4.78, 5) is 25.3. The number of hydrogen-bond acceptors (Lipinski definition) is 5. The number of ether oxygens (including phenoxy) is 1. The first-order valence-corrected chi connectivity index (χ1v) is 12.7. The number of ketones is 1. The molecule has 0 unspecified atom stereocenters. The molecule has 0 radical (unpaired) electrons. The van der Waals surface area contributed by atoms with Crippen LogP contribution >= 0.6 is 0 Å². The second-order valence-corrected chi connectivity index (χ2v) is 10.7. The maximum absolute atomic E-state index is 12.8. The Kier molecular flexibility index (Phi) is 6.76. The molecule has 2 aromatic rings. The van der Waals surface area contributed by atoms with Crippen molar-refractivity contribution in [3.63, 3.8) is 0 Å². The van der Waals surface area contributed by atoms with Crippen LogP contribution in [0.25, 0.3) is 0 Å². The average Bonchev–Trinajstić information content (AvgIpc) is 2.82. The third-order valence-electron chi connectivity index (χ3n) is 6.46. The van der Waals surface area contributed by atoms with Gasteiger partial charge in [-0.15, -0.1) is 0 Å². The zero-order valence-electron chi connectivity index (χ0n) is 18.4. The Morgan fingerprint density at radius 1 is 0.969 bits per heavy atom. The molecule has 0 bridgehead atoms. The van der Waals surface area contributed by atoms with E-state index in [0.29, 0.717) is 18.4 Å². The summed E-state index contributed by atoms with van der Waals surface area (Å²) in [5.41, 5.74) is 4.10. The van der Waals surface area contributed by atoms with Crippen LogP contribution in [0.4, 0.5) is 0 Å². The molecular weight excluding hydrogens is 426 g/mol. The SMILES string of the molecule is Cc1ccc(S(=O)(=O)N2CCC(C(=O)OCC(=O)c3ccc4c(c3)CCCC4)CC2)cc1. The average molecular weight is 456 g/mol. The second kappa shape index (κ2) is 9.55. The van der Waals surface area contributed by atoms with E-state index in [-0.39, 0.29) is 30.4 Å². The van der Waals surface area contributed by atoms with Crippen molar-refractivity contribution in [2.75, 3.05) is 19.7 Å². The molecule has 0 amide bonds. The van der Waals surface area contributed by atoms with E-state index < -0.39 is 21.9 Å². The maximum atomic E-state index is 12.8. The molecule has 0 aromatic heterocycles. The van der Waals surface area contributed by atoms with Crippen molar-refractivity contribution in [1.29, 1.82) is 0 Å². The largest absolute Gasteiger partial charge is 0.457 e. The Labute approximate surface area is 189 Å². The molecule has 1 aliphatic carbocycles. The third kappa shape index (κ3) is 4.94. The first-order valence-electron chi connectivity index (χ1n) is 11.2. The number of nitrogens with zero attached hydrogens (tertiary/aromatic N) is 1. The van der Waals surface area contributed by atoms with Gasteiger partial charge in [-0.2, -0.15) is 4.31 Å². The van der Waals surface area contributed by atoms with Gasteiger partial charge in [-0.1, -0.05) is 29.8 Å². The van der Waals surface area contributed by atoms with Crippen molar-refractivity contribution in [3.8, 4) is 0 Å². The van der Waals surface area contributed by atoms with Gasteiger partial charge in [-0.3, -0.25) is 9.59 Å². The minimum Gasteiger partial charge on any atom is -0.457 e. The van der Waals surface area contributed by atoms with Gasteiger partial charge < -0.3 is 4.74 Å². The van der Waals surface area contributed by atoms with Crippen LogP contribution in [0.15, 0.2) is 47.4 Å². The molecule has 0 N–H and O–H groups in total. The van der Waals surface area contributed by atoms with E-state index in [0.717, 1.165) is 24.8 Å². The number of sulfonamides is 1. The van der Waals surface area contributed by atoms with E-state index in [2.05, 4.69) is 0 Å². The smallest absolute Gasteiger partial charge is 0.309 e. The molecule has 7 heteroatoms. The standard InChI is InChI=1S/C25H29NO5S/c1-18-6-10-23(11-7-18)32(29,30)26-14-12-20(13-15-26)25(28)31-17-24(27)22-9-8-19-4-2-3-5-21(19)16-22/h6-11,16,20H,2-5,12-15,17H2,1H3. The lowest BCUT2D eigenvalue weighted by molar-refractivity contribution is -0.148. The number of hydrogen-bond donors (Lipinski definition) is 0. The van der Waals surface area contributed by atoms with Crippen LogP contribution in [0.2, 0.25) is 0 Å². The lowest BCUT2D eigenvalue weighted by atomic mass is 9.90. The van der Waals surface area contributed by atoms with E-state index in [9.17, 15) is 18.0 Å². The summed E-state index contributed by atoms with van der Waals surface area (Å²) in [6, 6.07) is 12.5. The number of piperidine rings is 1. The van der Waals surface area contributed by atoms with Crippen LogP contribution in [-0.4, -0.2) is 44.2 Å². The molecule has 1 fully saturated rings. The molecule has 1 saturated heterocycles. The number of fused-ring (bicyclic) bond motifs is 1. The van der Waals surface area contributed by atoms with Crippen LogP contribution in [0, 0.1) is 12.8 Å². The van der Waals surface area contributed by atoms with Gasteiger partial charge in [-0.25, -0.2) is 8.42 Å². The number of benzene rings is 2. The Morgan fingerprint density at radius 2 is 1.62 bits per heavy atom. The molecule has 32 heavy (non-hydrogen) atoms. The molecule has 2 aliphatic rings. The van der Waals surface area contributed by atoms with Gasteiger partial charge in [0, 0.05) is 18.7 Å². The third-order valence-corrected chi connectivity index (χ3v) is 8.37. The summed E-state index contributed by atoms with van der Waals surface area (Å²) >= 11 is 0. The molecule has 0 saturated carbocycles. The van der Waals surface area contributed by atoms with E-state index in [1.165, 1.54) is 21.9 Å². The van der Waals surface area contributed by atoms with Gasteiger partial charge in [0.2, 0.25) is 10.0 Å². The summed E-state index contributed by atoms with van der Waals surface area (Å²) in [6.07, 6.45) is 5.13. The zero-order valence-corrected chi connectivity index (χ0v) is 19.2. The Bertz CT molecular complexity index is 1100. The van der Waals surface area contributed by atoms with Crippen LogP contribution in [0.3, 0.4) is 0 Å². The molecule has 4 rings (SSSR count). The van der Waals surface area contributed by atoms with Gasteiger partial charge in [0.05, 0.1) is 10.8 Å². The molecule has 1 heterocycles. The Hall–Kier alpha value is -2.51. The predicted molar refractivity (Wildman–Crippen MR) is 121 cm³/mol. The summed E-state index contributed by atoms with van der Waals surface area (Å²) in [5, 5.41) is 0. The number of Topliss-reactive ketones (excluding diaryl/α,β-unsaturated/α-hetero) is 1. The highest BCUT2D eigenvalue weighted by Gasteiger charge is 2.33. The van der Waals surface area contributed by atoms with E-state index in [1.54, 1.807) is 24.3 Å². The highest BCUT2D eigenvalue weighted by molar-refractivity contribution is 7.89. The maximum Gasteiger partial charge on any atom is 0.309 e. The van der Waals surface area contributed by atoms with Crippen molar-refractivity contribution in [3.05, 3.63) is 64.7 Å². The topological polar surface area (TPSA) is 80.8 Å². The number of carbonyl (C=O) groups excluding carboxylic acids is 2. The molecule has 1 aliphatic heterocycles. The van der Waals surface area contributed by atoms with E-state index >= 15 is 0 Å². The fourth-order valence-corrected chi connectivity index (χ4v) is 5.91. The Morgan fingerprint density at radius 3 is 2.31 bits per heavy atom. The molecule has 2 aromatic carbocycles. The van der Waals surface area contributed by atoms with Gasteiger partial charge in [0.15, 0.2) is 12.4 Å². The fraction of sp³-hybridized carbons (Fsp3) is 0.440. The highest BCUT2D eigenvalue weighted by atomic mass is 32.2. The first kappa shape index (κ1) is 22.7. The second-order valence-electron chi connectivity index (χ2n) is 8.71. The monoisotopic (exact) mass is 455 g/mol. The van der Waals surface area contributed by atoms with E-state index in [1.807, 2.05) is 25.1 Å². The van der Waals surface area contributed by atoms with Crippen LogP contribution < -0.4 is 0 Å². The number of esters is 1. The van der Waals surface area contributed by atoms with Crippen molar-refractivity contribution in [1.82, 2.24) is 4.31 Å². The molecule has 6 nitrogen and oxygen atoms in total. The summed E-state index contributed by atoms with van der Waals surface area (Å²) in [5.74, 6) is -1.02. The van der Waals surface area contributed by atoms with Crippen LogP contribution in [0.5, 0.6) is 0 Å². The summed E-state index contributed by atoms with van der Waals surface area (Å²) < 4.78 is 32.3. The minimum absolute atomic E-state index is 0.203. The van der Waals surface area contributed by atoms with Crippen molar-refractivity contribution < 1.29 is 22.7 Å². The van der Waals surface area contributed by atoms with Gasteiger partial charge in [0.25, 0.3) is 0 Å². The van der Waals surface area contributed by atoms with Crippen molar-refractivity contribution >= 4 is 21.8 Å². The summed E-state index contributed by atoms with van der Waals surface area (Å²) in [6.45, 7) is 2.15. The zero-order chi connectivity index (χ0) is 22.7. The van der Waals surface area contributed by atoms with Gasteiger partial charge in [0.1, 0.15) is 0 Å². The highest BCUT2D eigenvalue weighted by Crippen LogP contribution is 2.25. The van der Waals surface area contributed by atoms with Gasteiger partial charge >= 0.3 is 5.97 Å². The van der Waals surface area contributed by atoms with Crippen LogP contribution in [0.1, 0.15) is 52.7 Å². The summed E-state index contributed by atoms with van der Waals surface area (Å²) in [7, 11) is -3.57. The van der Waals surface area contributed by atoms with Crippen molar-refractivity contribution in [2.45, 2.75) is 50.3 Å². The number of aryl methyl sites for hydroxylation is 3. The number of carbonyl (C=O) groups is 2. The van der Waals surface area contributed by atoms with Crippen LogP contribution in [-0.2, 0) is 32.4 Å². The molecular formula is C25H29NO5S. The molecule has 170 valence electrons. The van der Waals surface area contributed by atoms with Gasteiger partial charge in [-0.05, 0) is 74.8 Å². The lowest BCUT2D eigenvalue weighted by Gasteiger charge is -2.30. The predicted octanol–water partition coefficient (Wildman–Crippen LogP) is 3.70. The quantitative estimate of drug-likeness (QED) is 0.490.